The number of hydrogen-bond donors (Lipinski definition) is 5. The van der Waals surface area contributed by atoms with Crippen LogP contribution in [0.5, 0.6) is 0 Å². The highest BCUT2D eigenvalue weighted by Crippen LogP contribution is 2.30. The van der Waals surface area contributed by atoms with Gasteiger partial charge in [-0.3, -0.25) is 19.2 Å². The van der Waals surface area contributed by atoms with E-state index in [0.717, 1.165) is 56.3 Å². The van der Waals surface area contributed by atoms with Crippen LogP contribution in [0.2, 0.25) is 0 Å². The van der Waals surface area contributed by atoms with Crippen LogP contribution in [0.15, 0.2) is 48.5 Å². The number of amides is 5. The molecule has 4 rings (SSSR count). The van der Waals surface area contributed by atoms with Crippen LogP contribution in [-0.4, -0.2) is 92.4 Å². The summed E-state index contributed by atoms with van der Waals surface area (Å²) in [5.74, 6) is 0.161. The first-order valence-corrected chi connectivity index (χ1v) is 24.8. The molecule has 5 amide bonds. The van der Waals surface area contributed by atoms with E-state index in [1.54, 1.807) is 41.3 Å². The Morgan fingerprint density at radius 3 is 1.27 bits per heavy atom. The zero-order chi connectivity index (χ0) is 51.3. The molecule has 0 radical (unpaired) electrons. The Hall–Kier alpha value is -4.11. The van der Waals surface area contributed by atoms with Crippen LogP contribution in [0.25, 0.3) is 0 Å². The minimum absolute atomic E-state index is 0. The molecule has 4 atom stereocenters. The first-order valence-electron chi connectivity index (χ1n) is 24.8. The number of benzene rings is 2. The quantitative estimate of drug-likeness (QED) is 0.0789. The van der Waals surface area contributed by atoms with E-state index >= 15 is 0 Å². The van der Waals surface area contributed by atoms with Gasteiger partial charge in [0.25, 0.3) is 0 Å². The Bertz CT molecular complexity index is 1970. The fourth-order valence-corrected chi connectivity index (χ4v) is 8.07. The van der Waals surface area contributed by atoms with E-state index in [-0.39, 0.29) is 145 Å². The predicted octanol–water partition coefficient (Wildman–Crippen LogP) is 9.58. The molecule has 0 aromatic heterocycles. The number of ether oxygens (including phenoxy) is 3. The van der Waals surface area contributed by atoms with Gasteiger partial charge >= 0.3 is 18.3 Å². The largest absolute Gasteiger partial charge is 0.445 e. The number of alkyl carbamates (subject to hydrolysis) is 2. The van der Waals surface area contributed by atoms with Crippen LogP contribution in [0.4, 0.5) is 25.8 Å². The van der Waals surface area contributed by atoms with Crippen LogP contribution < -0.4 is 26.6 Å². The van der Waals surface area contributed by atoms with Crippen LogP contribution in [0.1, 0.15) is 125 Å². The minimum Gasteiger partial charge on any atom is -0.445 e. The second-order valence-electron chi connectivity index (χ2n) is 20.4. The maximum absolute atomic E-state index is 13.4. The number of piperidine rings is 2. The Labute approximate surface area is 463 Å². The smallest absolute Gasteiger partial charge is 0.410 e. The molecule has 2 saturated heterocycles. The van der Waals surface area contributed by atoms with Crippen molar-refractivity contribution in [1.82, 2.24) is 20.9 Å². The van der Waals surface area contributed by atoms with Crippen molar-refractivity contribution in [3.8, 4) is 0 Å². The summed E-state index contributed by atoms with van der Waals surface area (Å²) in [6.07, 6.45) is 4.09. The summed E-state index contributed by atoms with van der Waals surface area (Å²) in [6.45, 7) is 20.9. The van der Waals surface area contributed by atoms with Crippen molar-refractivity contribution >= 4 is 107 Å². The highest BCUT2D eigenvalue weighted by Gasteiger charge is 2.33. The van der Waals surface area contributed by atoms with Crippen molar-refractivity contribution in [2.75, 3.05) is 50.9 Å². The van der Waals surface area contributed by atoms with Gasteiger partial charge in [-0.1, -0.05) is 65.8 Å². The summed E-state index contributed by atoms with van der Waals surface area (Å²) in [4.78, 5) is 88.8. The van der Waals surface area contributed by atoms with E-state index in [1.165, 1.54) is 14.1 Å². The number of likely N-dealkylation sites (tertiary alicyclic amines) is 1. The minimum atomic E-state index is -0.542. The number of nitrogens with one attached hydrogen (secondary N) is 5. The highest BCUT2D eigenvalue weighted by molar-refractivity contribution is 7.59. The van der Waals surface area contributed by atoms with Crippen LogP contribution >= 0.6 is 54.0 Å². The third kappa shape index (κ3) is 26.8. The van der Waals surface area contributed by atoms with E-state index in [9.17, 15) is 33.6 Å². The second-order valence-corrected chi connectivity index (χ2v) is 20.4. The van der Waals surface area contributed by atoms with Gasteiger partial charge in [0.15, 0.2) is 0 Å². The molecular weight excluding hydrogens is 1010 g/mol. The molecule has 2 aromatic rings. The first kappa shape index (κ1) is 71.0. The SMILES string of the molecule is CNC(=O)OCc1ccc(NC(=O)[C@@H](CC(=O)[C@@H](C)C(C)C)CC2CCN(C(=O)OC(C)(C)C)CC2)cc1.CNC(=O)OCc1ccc(NC(=O)[C@@H](CC(=O)[C@@H](C)C(C)C)CC2CCNCC2)cc1.S.S.S.S. The summed E-state index contributed by atoms with van der Waals surface area (Å²) in [6, 6.07) is 14.3. The standard InChI is InChI=1S/C29H45N3O6.C24H37N3O4.4H2S/c1-19(2)20(3)25(33)17-23(16-21-12-14-32(15-13-21)28(36)38-29(4,5)6)26(34)31-24-10-8-22(9-11-24)18-37-27(35)30-7;1-16(2)17(3)22(28)14-20(13-18-9-11-26-12-10-18)23(29)27-21-7-5-19(6-8-21)15-31-24(30)25-4;;;;/h8-11,19-21,23H,12-18H2,1-7H3,(H,30,35)(H,31,34);5-8,16-18,20,26H,9-15H2,1-4H3,(H,25,30)(H,27,29);4*1H2/t20-,23+;17-,20+;;;;/m00..../s1. The van der Waals surface area contributed by atoms with Gasteiger partial charge in [0.2, 0.25) is 11.8 Å². The third-order valence-electron chi connectivity index (χ3n) is 13.2. The Balaban J connectivity index is 0. The van der Waals surface area contributed by atoms with Crippen LogP contribution in [-0.2, 0) is 46.6 Å². The molecule has 2 aliphatic heterocycles. The summed E-state index contributed by atoms with van der Waals surface area (Å²) in [5, 5.41) is 14.1. The maximum atomic E-state index is 13.4. The Morgan fingerprint density at radius 1 is 0.589 bits per heavy atom. The van der Waals surface area contributed by atoms with Gasteiger partial charge in [0, 0.05) is 75.1 Å². The van der Waals surface area contributed by atoms with Crippen molar-refractivity contribution in [2.24, 2.45) is 47.3 Å². The highest BCUT2D eigenvalue weighted by atomic mass is 32.1. The molecule has 2 aliphatic rings. The number of carbonyl (C=O) groups is 7. The fourth-order valence-electron chi connectivity index (χ4n) is 8.07. The van der Waals surface area contributed by atoms with Crippen molar-refractivity contribution in [3.05, 3.63) is 59.7 Å². The molecule has 0 bridgehead atoms. The Morgan fingerprint density at radius 2 is 0.945 bits per heavy atom. The Kier molecular flexibility index (Phi) is 35.0. The first-order chi connectivity index (χ1) is 32.6. The second kappa shape index (κ2) is 36.0. The molecule has 0 spiro atoms. The van der Waals surface area contributed by atoms with Crippen molar-refractivity contribution < 1.29 is 47.8 Å². The number of nitrogens with zero attached hydrogens (tertiary/aromatic N) is 1. The normalized spacial score (nSPS) is 15.3. The van der Waals surface area contributed by atoms with E-state index in [1.807, 2.05) is 74.4 Å². The molecule has 73 heavy (non-hydrogen) atoms. The van der Waals surface area contributed by atoms with Crippen LogP contribution in [0.3, 0.4) is 0 Å². The molecule has 0 saturated carbocycles. The molecule has 2 aromatic carbocycles. The number of hydrogen-bond acceptors (Lipinski definition) is 11. The van der Waals surface area contributed by atoms with E-state index in [0.29, 0.717) is 36.8 Å². The van der Waals surface area contributed by atoms with E-state index < -0.39 is 23.7 Å². The molecule has 20 heteroatoms. The lowest BCUT2D eigenvalue weighted by Gasteiger charge is -2.34. The van der Waals surface area contributed by atoms with Crippen LogP contribution in [0, 0.1) is 47.3 Å². The average molecular weight is 1100 g/mol. The lowest BCUT2D eigenvalue weighted by Crippen LogP contribution is -2.42. The molecule has 16 nitrogen and oxygen atoms in total. The van der Waals surface area contributed by atoms with Gasteiger partial charge in [0.05, 0.1) is 0 Å². The number of Topliss-reactive ketones (excluding diaryl/α,β-unsaturated/α-hetero) is 2. The molecule has 2 fully saturated rings. The zero-order valence-electron chi connectivity index (χ0n) is 45.2. The summed E-state index contributed by atoms with van der Waals surface area (Å²) >= 11 is 0. The molecule has 0 unspecified atom stereocenters. The van der Waals surface area contributed by atoms with E-state index in [4.69, 9.17) is 14.2 Å². The maximum Gasteiger partial charge on any atom is 0.410 e. The predicted molar refractivity (Wildman–Crippen MR) is 310 cm³/mol. The lowest BCUT2D eigenvalue weighted by molar-refractivity contribution is -0.129. The summed E-state index contributed by atoms with van der Waals surface area (Å²) < 4.78 is 15.6. The summed E-state index contributed by atoms with van der Waals surface area (Å²) in [5.41, 5.74) is 2.37. The summed E-state index contributed by atoms with van der Waals surface area (Å²) in [7, 11) is 3.00. The lowest BCUT2D eigenvalue weighted by atomic mass is 9.81. The van der Waals surface area contributed by atoms with Crippen molar-refractivity contribution in [1.29, 1.82) is 0 Å². The third-order valence-corrected chi connectivity index (χ3v) is 13.2. The van der Waals surface area contributed by atoms with Gasteiger partial charge < -0.3 is 45.7 Å². The number of anilines is 2. The van der Waals surface area contributed by atoms with Gasteiger partial charge in [-0.15, -0.1) is 0 Å². The molecular formula is C53H90N6O10S4. The monoisotopic (exact) mass is 1100 g/mol. The van der Waals surface area contributed by atoms with E-state index in [2.05, 4.69) is 26.6 Å². The zero-order valence-corrected chi connectivity index (χ0v) is 49.2. The van der Waals surface area contributed by atoms with Gasteiger partial charge in [-0.25, -0.2) is 14.4 Å². The number of carbonyl (C=O) groups excluding carboxylic acids is 7. The number of rotatable bonds is 20. The van der Waals surface area contributed by atoms with Gasteiger partial charge in [0.1, 0.15) is 30.4 Å². The van der Waals surface area contributed by atoms with Gasteiger partial charge in [-0.2, -0.15) is 54.0 Å². The molecule has 5 N–H and O–H groups in total. The average Bonchev–Trinajstić information content (AvgIpc) is 3.32. The number of ketones is 2. The van der Waals surface area contributed by atoms with Gasteiger partial charge in [-0.05, 0) is 131 Å². The van der Waals surface area contributed by atoms with Crippen molar-refractivity contribution in [2.45, 2.75) is 132 Å². The molecule has 2 heterocycles. The topological polar surface area (TPSA) is 211 Å². The van der Waals surface area contributed by atoms with Crippen molar-refractivity contribution in [3.63, 3.8) is 0 Å². The molecule has 0 aliphatic carbocycles. The fraction of sp³-hybridized carbons (Fsp3) is 0.642. The molecule has 416 valence electrons.